The molecule has 0 saturated heterocycles. The van der Waals surface area contributed by atoms with Crippen LogP contribution >= 0.6 is 0 Å². The van der Waals surface area contributed by atoms with Crippen LogP contribution in [0.5, 0.6) is 0 Å². The van der Waals surface area contributed by atoms with Crippen LogP contribution in [0.15, 0.2) is 52.2 Å². The van der Waals surface area contributed by atoms with Crippen molar-refractivity contribution in [2.24, 2.45) is 7.05 Å². The smallest absolute Gasteiger partial charge is 0.326 e. The lowest BCUT2D eigenvalue weighted by molar-refractivity contribution is -0.116. The van der Waals surface area contributed by atoms with Crippen molar-refractivity contribution in [1.29, 1.82) is 0 Å². The number of hydrogen-bond donors (Lipinski definition) is 1. The number of benzene rings is 2. The van der Waals surface area contributed by atoms with Crippen LogP contribution in [0.1, 0.15) is 12.0 Å². The first kappa shape index (κ1) is 18.9. The summed E-state index contributed by atoms with van der Waals surface area (Å²) in [5.41, 5.74) is 2.61. The highest BCUT2D eigenvalue weighted by Crippen LogP contribution is 2.20. The number of nitrogens with one attached hydrogen (secondary N) is 1. The van der Waals surface area contributed by atoms with E-state index in [4.69, 9.17) is 0 Å². The summed E-state index contributed by atoms with van der Waals surface area (Å²) in [6, 6.07) is 12.0. The van der Waals surface area contributed by atoms with Gasteiger partial charge in [-0.2, -0.15) is 0 Å². The van der Waals surface area contributed by atoms with Crippen LogP contribution < -0.4 is 11.0 Å². The third-order valence-corrected chi connectivity index (χ3v) is 5.64. The van der Waals surface area contributed by atoms with E-state index in [1.165, 1.54) is 12.1 Å². The van der Waals surface area contributed by atoms with Crippen molar-refractivity contribution in [3.05, 3.63) is 58.5 Å². The minimum Gasteiger partial charge on any atom is -0.326 e. The highest BCUT2D eigenvalue weighted by molar-refractivity contribution is 7.90. The van der Waals surface area contributed by atoms with Gasteiger partial charge in [-0.1, -0.05) is 18.2 Å². The van der Waals surface area contributed by atoms with Gasteiger partial charge in [0.05, 0.1) is 15.9 Å². The molecule has 0 radical (unpaired) electrons. The monoisotopic (exact) mass is 387 g/mol. The summed E-state index contributed by atoms with van der Waals surface area (Å²) in [6.45, 7) is 2.02. The summed E-state index contributed by atoms with van der Waals surface area (Å²) in [5, 5.41) is 2.74. The molecule has 3 rings (SSSR count). The van der Waals surface area contributed by atoms with Gasteiger partial charge in [0.15, 0.2) is 9.84 Å². The normalized spacial score (nSPS) is 11.7. The van der Waals surface area contributed by atoms with Crippen LogP contribution in [0.3, 0.4) is 0 Å². The molecule has 1 heterocycles. The van der Waals surface area contributed by atoms with Gasteiger partial charge in [0, 0.05) is 32.0 Å². The van der Waals surface area contributed by atoms with E-state index in [2.05, 4.69) is 5.32 Å². The number of rotatable bonds is 5. The molecule has 1 amide bonds. The van der Waals surface area contributed by atoms with Crippen molar-refractivity contribution in [2.75, 3.05) is 11.6 Å². The number of imidazole rings is 1. The van der Waals surface area contributed by atoms with Crippen LogP contribution in [0.25, 0.3) is 11.0 Å². The first-order chi connectivity index (χ1) is 12.7. The lowest BCUT2D eigenvalue weighted by atomic mass is 10.2. The van der Waals surface area contributed by atoms with Crippen molar-refractivity contribution < 1.29 is 13.2 Å². The van der Waals surface area contributed by atoms with E-state index in [0.717, 1.165) is 22.9 Å². The Balaban J connectivity index is 1.79. The minimum absolute atomic E-state index is 0.0937. The quantitative estimate of drug-likeness (QED) is 0.726. The Morgan fingerprint density at radius 3 is 2.44 bits per heavy atom. The molecular weight excluding hydrogens is 366 g/mol. The summed E-state index contributed by atoms with van der Waals surface area (Å²) in [5.74, 6) is -0.288. The van der Waals surface area contributed by atoms with Crippen LogP contribution in [-0.4, -0.2) is 29.7 Å². The molecule has 27 heavy (non-hydrogen) atoms. The van der Waals surface area contributed by atoms with Gasteiger partial charge in [0.2, 0.25) is 5.91 Å². The summed E-state index contributed by atoms with van der Waals surface area (Å²) in [4.78, 5) is 24.9. The van der Waals surface area contributed by atoms with Gasteiger partial charge in [0.1, 0.15) is 0 Å². The summed E-state index contributed by atoms with van der Waals surface area (Å²) in [7, 11) is -1.66. The van der Waals surface area contributed by atoms with Gasteiger partial charge < -0.3 is 5.32 Å². The molecule has 0 spiro atoms. The average molecular weight is 387 g/mol. The number of fused-ring (bicyclic) bond motifs is 1. The first-order valence-electron chi connectivity index (χ1n) is 8.43. The molecule has 1 N–H and O–H groups in total. The van der Waals surface area contributed by atoms with Gasteiger partial charge in [-0.05, 0) is 36.8 Å². The molecule has 1 aromatic heterocycles. The van der Waals surface area contributed by atoms with Crippen molar-refractivity contribution in [2.45, 2.75) is 24.8 Å². The Bertz CT molecular complexity index is 1190. The van der Waals surface area contributed by atoms with E-state index in [-0.39, 0.29) is 29.5 Å². The van der Waals surface area contributed by atoms with Crippen LogP contribution in [0.2, 0.25) is 0 Å². The molecule has 142 valence electrons. The fourth-order valence-corrected chi connectivity index (χ4v) is 3.62. The van der Waals surface area contributed by atoms with Crippen molar-refractivity contribution in [3.63, 3.8) is 0 Å². The second-order valence-electron chi connectivity index (χ2n) is 6.53. The fraction of sp³-hybridized carbons (Fsp3) is 0.263. The largest absolute Gasteiger partial charge is 0.328 e. The molecular formula is C19H21N3O4S. The molecule has 0 bridgehead atoms. The van der Waals surface area contributed by atoms with Crippen molar-refractivity contribution >= 4 is 32.5 Å². The van der Waals surface area contributed by atoms with Crippen LogP contribution in [0, 0.1) is 6.92 Å². The molecule has 8 heteroatoms. The maximum atomic E-state index is 12.4. The zero-order chi connectivity index (χ0) is 19.8. The summed E-state index contributed by atoms with van der Waals surface area (Å²) >= 11 is 0. The SMILES string of the molecule is Cc1ccc(S(C)(=O)=O)cc1NC(=O)CCn1c(=O)n(C)c2ccccc21. The van der Waals surface area contributed by atoms with E-state index < -0.39 is 9.84 Å². The third-order valence-electron chi connectivity index (χ3n) is 4.53. The number of para-hydroxylation sites is 2. The summed E-state index contributed by atoms with van der Waals surface area (Å²) in [6.07, 6.45) is 1.21. The van der Waals surface area contributed by atoms with E-state index in [9.17, 15) is 18.0 Å². The number of carbonyl (C=O) groups excluding carboxylic acids is 1. The van der Waals surface area contributed by atoms with Gasteiger partial charge in [0.25, 0.3) is 0 Å². The highest BCUT2D eigenvalue weighted by Gasteiger charge is 2.14. The Hall–Kier alpha value is -2.87. The second kappa shape index (κ2) is 7.03. The fourth-order valence-electron chi connectivity index (χ4n) is 2.97. The van der Waals surface area contributed by atoms with Gasteiger partial charge in [-0.25, -0.2) is 13.2 Å². The number of carbonyl (C=O) groups is 1. The molecule has 0 aliphatic heterocycles. The van der Waals surface area contributed by atoms with E-state index in [1.54, 1.807) is 29.2 Å². The van der Waals surface area contributed by atoms with Crippen molar-refractivity contribution in [3.8, 4) is 0 Å². The minimum atomic E-state index is -3.36. The van der Waals surface area contributed by atoms with E-state index in [1.807, 2.05) is 24.3 Å². The number of aryl methyl sites for hydroxylation is 3. The molecule has 0 fully saturated rings. The van der Waals surface area contributed by atoms with Crippen molar-refractivity contribution in [1.82, 2.24) is 9.13 Å². The number of aromatic nitrogens is 2. The number of amides is 1. The first-order valence-corrected chi connectivity index (χ1v) is 10.3. The predicted octanol–water partition coefficient (Wildman–Crippen LogP) is 2.08. The second-order valence-corrected chi connectivity index (χ2v) is 8.54. The lowest BCUT2D eigenvalue weighted by Crippen LogP contribution is -2.24. The number of hydrogen-bond acceptors (Lipinski definition) is 4. The van der Waals surface area contributed by atoms with Gasteiger partial charge in [-0.3, -0.25) is 13.9 Å². The maximum absolute atomic E-state index is 12.4. The van der Waals surface area contributed by atoms with Crippen LogP contribution in [-0.2, 0) is 28.2 Å². The molecule has 0 aliphatic carbocycles. The zero-order valence-corrected chi connectivity index (χ0v) is 16.2. The molecule has 0 saturated carbocycles. The van der Waals surface area contributed by atoms with E-state index in [0.29, 0.717) is 5.69 Å². The Kier molecular flexibility index (Phi) is 4.93. The lowest BCUT2D eigenvalue weighted by Gasteiger charge is -2.10. The van der Waals surface area contributed by atoms with Gasteiger partial charge >= 0.3 is 5.69 Å². The van der Waals surface area contributed by atoms with Gasteiger partial charge in [-0.15, -0.1) is 0 Å². The Labute approximate surface area is 157 Å². The molecule has 0 atom stereocenters. The molecule has 3 aromatic rings. The number of nitrogens with zero attached hydrogens (tertiary/aromatic N) is 2. The highest BCUT2D eigenvalue weighted by atomic mass is 32.2. The predicted molar refractivity (Wildman–Crippen MR) is 105 cm³/mol. The Morgan fingerprint density at radius 2 is 1.78 bits per heavy atom. The maximum Gasteiger partial charge on any atom is 0.328 e. The molecule has 0 aliphatic rings. The number of sulfone groups is 1. The molecule has 7 nitrogen and oxygen atoms in total. The summed E-state index contributed by atoms with van der Waals surface area (Å²) < 4.78 is 26.5. The number of anilines is 1. The Morgan fingerprint density at radius 1 is 1.11 bits per heavy atom. The topological polar surface area (TPSA) is 90.2 Å². The molecule has 0 unspecified atom stereocenters. The molecule has 2 aromatic carbocycles. The van der Waals surface area contributed by atoms with E-state index >= 15 is 0 Å². The van der Waals surface area contributed by atoms with Crippen LogP contribution in [0.4, 0.5) is 5.69 Å². The zero-order valence-electron chi connectivity index (χ0n) is 15.4. The standard InChI is InChI=1S/C19H21N3O4S/c1-13-8-9-14(27(3,25)26)12-15(13)20-18(23)10-11-22-17-7-5-4-6-16(17)21(2)19(22)24/h4-9,12H,10-11H2,1-3H3,(H,20,23). The average Bonchev–Trinajstić information content (AvgIpc) is 2.85. The third kappa shape index (κ3) is 3.80.